The van der Waals surface area contributed by atoms with Gasteiger partial charge >= 0.3 is 5.56 Å². The first-order valence-electron chi connectivity index (χ1n) is 5.41. The van der Waals surface area contributed by atoms with Gasteiger partial charge in [-0.3, -0.25) is 8.77 Å². The fraction of sp³-hybridized carbons (Fsp3) is 0.0833. The standard InChI is InChI=1S/C12H10N4OS/c17-11-10-12(16(18)8-13-10)15(7-14-11)6-9-4-2-1-3-5-9/h1-5,7-8,18H,6H2. The minimum absolute atomic E-state index is 0.331. The quantitative estimate of drug-likeness (QED) is 0.706. The van der Waals surface area contributed by atoms with Crippen molar-refractivity contribution >= 4 is 24.0 Å². The SMILES string of the molecule is O=c1ncn(Cc2ccccc2)c2c1ncn2S. The van der Waals surface area contributed by atoms with Crippen LogP contribution in [-0.2, 0) is 6.54 Å². The van der Waals surface area contributed by atoms with E-state index < -0.39 is 0 Å². The molecule has 0 saturated heterocycles. The van der Waals surface area contributed by atoms with Crippen LogP contribution in [0.5, 0.6) is 0 Å². The average molecular weight is 258 g/mol. The highest BCUT2D eigenvalue weighted by Crippen LogP contribution is 2.11. The molecule has 0 saturated carbocycles. The summed E-state index contributed by atoms with van der Waals surface area (Å²) in [6.45, 7) is 0.622. The van der Waals surface area contributed by atoms with Crippen molar-refractivity contribution < 1.29 is 0 Å². The molecule has 1 aromatic carbocycles. The molecule has 0 radical (unpaired) electrons. The zero-order valence-corrected chi connectivity index (χ0v) is 10.3. The molecule has 0 atom stereocenters. The molecule has 0 spiro atoms. The molecule has 2 aromatic heterocycles. The second-order valence-corrected chi connectivity index (χ2v) is 4.36. The number of nitrogens with zero attached hydrogens (tertiary/aromatic N) is 4. The van der Waals surface area contributed by atoms with E-state index in [2.05, 4.69) is 22.8 Å². The second-order valence-electron chi connectivity index (χ2n) is 3.92. The number of benzene rings is 1. The molecule has 0 N–H and O–H groups in total. The number of imidazole rings is 1. The van der Waals surface area contributed by atoms with E-state index in [9.17, 15) is 4.79 Å². The maximum Gasteiger partial charge on any atom is 0.300 e. The molecule has 0 fully saturated rings. The molecular weight excluding hydrogens is 248 g/mol. The number of hydrogen-bond acceptors (Lipinski definition) is 4. The van der Waals surface area contributed by atoms with E-state index in [0.29, 0.717) is 17.7 Å². The van der Waals surface area contributed by atoms with Gasteiger partial charge in [0.1, 0.15) is 12.7 Å². The van der Waals surface area contributed by atoms with E-state index in [1.54, 1.807) is 0 Å². The summed E-state index contributed by atoms with van der Waals surface area (Å²) in [5, 5.41) is 0. The molecule has 0 unspecified atom stereocenters. The van der Waals surface area contributed by atoms with E-state index >= 15 is 0 Å². The van der Waals surface area contributed by atoms with Gasteiger partial charge in [0.05, 0.1) is 6.54 Å². The lowest BCUT2D eigenvalue weighted by atomic mass is 10.2. The van der Waals surface area contributed by atoms with Crippen LogP contribution >= 0.6 is 12.8 Å². The molecule has 2 heterocycles. The van der Waals surface area contributed by atoms with Crippen LogP contribution in [0.3, 0.4) is 0 Å². The largest absolute Gasteiger partial charge is 0.311 e. The lowest BCUT2D eigenvalue weighted by molar-refractivity contribution is 0.786. The molecule has 0 aliphatic carbocycles. The predicted molar refractivity (Wildman–Crippen MR) is 71.7 cm³/mol. The van der Waals surface area contributed by atoms with Crippen LogP contribution in [0.1, 0.15) is 5.56 Å². The Morgan fingerprint density at radius 1 is 1.11 bits per heavy atom. The van der Waals surface area contributed by atoms with Gasteiger partial charge in [-0.05, 0) is 5.56 Å². The van der Waals surface area contributed by atoms with Crippen molar-refractivity contribution in [1.82, 2.24) is 18.5 Å². The van der Waals surface area contributed by atoms with Gasteiger partial charge in [0, 0.05) is 0 Å². The van der Waals surface area contributed by atoms with Gasteiger partial charge in [-0.25, -0.2) is 4.98 Å². The lowest BCUT2D eigenvalue weighted by Crippen LogP contribution is -2.13. The van der Waals surface area contributed by atoms with E-state index in [0.717, 1.165) is 5.56 Å². The fourth-order valence-corrected chi connectivity index (χ4v) is 2.15. The van der Waals surface area contributed by atoms with E-state index in [1.165, 1.54) is 16.6 Å². The highest BCUT2D eigenvalue weighted by atomic mass is 32.1. The summed E-state index contributed by atoms with van der Waals surface area (Å²) < 4.78 is 3.38. The third-order valence-electron chi connectivity index (χ3n) is 2.71. The highest BCUT2D eigenvalue weighted by molar-refractivity contribution is 7.78. The fourth-order valence-electron chi connectivity index (χ4n) is 1.89. The van der Waals surface area contributed by atoms with Crippen molar-refractivity contribution in [2.75, 3.05) is 0 Å². The molecule has 0 aliphatic rings. The summed E-state index contributed by atoms with van der Waals surface area (Å²) in [5.41, 5.74) is 1.78. The summed E-state index contributed by atoms with van der Waals surface area (Å²) in [7, 11) is 0. The molecule has 3 rings (SSSR count). The average Bonchev–Trinajstić information content (AvgIpc) is 2.78. The Bertz CT molecular complexity index is 748. The summed E-state index contributed by atoms with van der Waals surface area (Å²) in [4.78, 5) is 19.4. The van der Waals surface area contributed by atoms with Gasteiger partial charge in [-0.15, -0.1) is 0 Å². The van der Waals surface area contributed by atoms with Crippen molar-refractivity contribution in [3.63, 3.8) is 0 Å². The summed E-state index contributed by atoms with van der Waals surface area (Å²) >= 11 is 4.25. The van der Waals surface area contributed by atoms with Crippen LogP contribution in [0.25, 0.3) is 11.2 Å². The Morgan fingerprint density at radius 3 is 2.67 bits per heavy atom. The van der Waals surface area contributed by atoms with Crippen molar-refractivity contribution in [2.45, 2.75) is 6.54 Å². The molecule has 18 heavy (non-hydrogen) atoms. The second kappa shape index (κ2) is 4.30. The maximum absolute atomic E-state index is 11.6. The van der Waals surface area contributed by atoms with E-state index in [4.69, 9.17) is 0 Å². The van der Waals surface area contributed by atoms with Gasteiger partial charge in [0.25, 0.3) is 0 Å². The Balaban J connectivity index is 2.15. The van der Waals surface area contributed by atoms with Crippen LogP contribution in [-0.4, -0.2) is 18.5 Å². The first-order chi connectivity index (χ1) is 8.75. The predicted octanol–water partition coefficient (Wildman–Crippen LogP) is 1.33. The first kappa shape index (κ1) is 11.0. The van der Waals surface area contributed by atoms with Gasteiger partial charge in [-0.1, -0.05) is 43.1 Å². The summed E-state index contributed by atoms with van der Waals surface area (Å²) in [6.07, 6.45) is 3.02. The van der Waals surface area contributed by atoms with Crippen molar-refractivity contribution in [1.29, 1.82) is 0 Å². The molecule has 0 bridgehead atoms. The molecule has 6 heteroatoms. The van der Waals surface area contributed by atoms with E-state index in [-0.39, 0.29) is 5.56 Å². The monoisotopic (exact) mass is 258 g/mol. The van der Waals surface area contributed by atoms with Crippen molar-refractivity contribution in [2.24, 2.45) is 0 Å². The zero-order valence-electron chi connectivity index (χ0n) is 9.39. The minimum Gasteiger partial charge on any atom is -0.311 e. The van der Waals surface area contributed by atoms with Crippen LogP contribution in [0.2, 0.25) is 0 Å². The van der Waals surface area contributed by atoms with Gasteiger partial charge in [0.15, 0.2) is 11.2 Å². The Morgan fingerprint density at radius 2 is 1.89 bits per heavy atom. The number of thiol groups is 1. The van der Waals surface area contributed by atoms with Crippen molar-refractivity contribution in [3.05, 3.63) is 58.9 Å². The van der Waals surface area contributed by atoms with Crippen LogP contribution < -0.4 is 5.56 Å². The normalized spacial score (nSPS) is 10.9. The molecular formula is C12H10N4OS. The Labute approximate surface area is 108 Å². The molecule has 0 amide bonds. The smallest absolute Gasteiger partial charge is 0.300 e. The number of aromatic nitrogens is 4. The molecule has 0 aliphatic heterocycles. The van der Waals surface area contributed by atoms with E-state index in [1.807, 2.05) is 34.9 Å². The maximum atomic E-state index is 11.6. The van der Waals surface area contributed by atoms with Crippen LogP contribution in [0.4, 0.5) is 0 Å². The number of rotatable bonds is 2. The zero-order chi connectivity index (χ0) is 12.5. The van der Waals surface area contributed by atoms with Crippen LogP contribution in [0.15, 0.2) is 47.8 Å². The topological polar surface area (TPSA) is 52.7 Å². The number of fused-ring (bicyclic) bond motifs is 1. The third kappa shape index (κ3) is 1.80. The third-order valence-corrected chi connectivity index (χ3v) is 3.00. The molecule has 90 valence electrons. The van der Waals surface area contributed by atoms with Crippen molar-refractivity contribution in [3.8, 4) is 0 Å². The minimum atomic E-state index is -0.331. The summed E-state index contributed by atoms with van der Waals surface area (Å²) in [5.74, 6) is 0. The lowest BCUT2D eigenvalue weighted by Gasteiger charge is -2.08. The number of hydrogen-bond donors (Lipinski definition) is 1. The highest BCUT2D eigenvalue weighted by Gasteiger charge is 2.09. The van der Waals surface area contributed by atoms with Gasteiger partial charge in [0.2, 0.25) is 0 Å². The van der Waals surface area contributed by atoms with Gasteiger partial charge in [-0.2, -0.15) is 4.98 Å². The molecule has 5 nitrogen and oxygen atoms in total. The van der Waals surface area contributed by atoms with Gasteiger partial charge < -0.3 is 4.57 Å². The van der Waals surface area contributed by atoms with Crippen LogP contribution in [0, 0.1) is 0 Å². The molecule has 3 aromatic rings. The Hall–Kier alpha value is -2.08. The first-order valence-corrected chi connectivity index (χ1v) is 5.81. The summed E-state index contributed by atoms with van der Waals surface area (Å²) in [6, 6.07) is 9.94. The Kier molecular flexibility index (Phi) is 2.64.